The number of hydrogen-bond donors (Lipinski definition) is 2. The van der Waals surface area contributed by atoms with E-state index in [2.05, 4.69) is 27.4 Å². The average molecular weight is 319 g/mol. The van der Waals surface area contributed by atoms with Crippen molar-refractivity contribution in [2.75, 3.05) is 13.1 Å². The number of likely N-dealkylation sites (tertiary alicyclic amines) is 1. The van der Waals surface area contributed by atoms with Gasteiger partial charge in [-0.1, -0.05) is 26.2 Å². The molecule has 6 nitrogen and oxygen atoms in total. The number of carbonyl (C=O) groups excluding carboxylic acids is 1. The van der Waals surface area contributed by atoms with Crippen LogP contribution < -0.4 is 5.32 Å². The first kappa shape index (κ1) is 16.3. The summed E-state index contributed by atoms with van der Waals surface area (Å²) in [6, 6.07) is 0.541. The number of carbonyl (C=O) groups is 1. The second-order valence-electron chi connectivity index (χ2n) is 6.97. The van der Waals surface area contributed by atoms with E-state index in [0.29, 0.717) is 12.0 Å². The maximum Gasteiger partial charge on any atom is 0.317 e. The molecule has 3 rings (SSSR count). The van der Waals surface area contributed by atoms with Crippen LogP contribution in [0.1, 0.15) is 63.5 Å². The summed E-state index contributed by atoms with van der Waals surface area (Å²) in [6.07, 6.45) is 10.1. The lowest BCUT2D eigenvalue weighted by atomic mass is 9.93. The lowest BCUT2D eigenvalue weighted by Gasteiger charge is -2.33. The zero-order valence-corrected chi connectivity index (χ0v) is 14.2. The molecule has 1 aromatic rings. The third-order valence-electron chi connectivity index (χ3n) is 5.21. The molecule has 2 N–H and O–H groups in total. The van der Waals surface area contributed by atoms with Crippen LogP contribution in [0.4, 0.5) is 4.79 Å². The van der Waals surface area contributed by atoms with Crippen LogP contribution in [0.3, 0.4) is 0 Å². The summed E-state index contributed by atoms with van der Waals surface area (Å²) in [5.41, 5.74) is 0. The van der Waals surface area contributed by atoms with Crippen LogP contribution in [-0.2, 0) is 12.8 Å². The van der Waals surface area contributed by atoms with Gasteiger partial charge in [0.2, 0.25) is 0 Å². The van der Waals surface area contributed by atoms with Crippen LogP contribution in [0.15, 0.2) is 0 Å². The van der Waals surface area contributed by atoms with E-state index < -0.39 is 0 Å². The molecule has 2 aliphatic rings. The molecule has 1 saturated heterocycles. The maximum absolute atomic E-state index is 12.4. The van der Waals surface area contributed by atoms with Crippen molar-refractivity contribution in [1.29, 1.82) is 0 Å². The number of aromatic nitrogens is 3. The van der Waals surface area contributed by atoms with Crippen molar-refractivity contribution in [3.8, 4) is 0 Å². The molecule has 2 amide bonds. The molecule has 0 atom stereocenters. The third-order valence-corrected chi connectivity index (χ3v) is 5.21. The molecule has 1 saturated carbocycles. The zero-order chi connectivity index (χ0) is 16.1. The number of amides is 2. The van der Waals surface area contributed by atoms with Crippen molar-refractivity contribution in [3.63, 3.8) is 0 Å². The molecule has 128 valence electrons. The van der Waals surface area contributed by atoms with E-state index in [1.165, 1.54) is 19.3 Å². The summed E-state index contributed by atoms with van der Waals surface area (Å²) in [4.78, 5) is 18.8. The number of urea groups is 1. The van der Waals surface area contributed by atoms with E-state index in [1.54, 1.807) is 0 Å². The normalized spacial score (nSPS) is 20.7. The number of nitrogens with zero attached hydrogens (tertiary/aromatic N) is 3. The first-order valence-corrected chi connectivity index (χ1v) is 9.20. The molecule has 0 unspecified atom stereocenters. The molecule has 2 fully saturated rings. The van der Waals surface area contributed by atoms with Gasteiger partial charge in [-0.05, 0) is 31.6 Å². The van der Waals surface area contributed by atoms with E-state index in [1.807, 2.05) is 4.90 Å². The quantitative estimate of drug-likeness (QED) is 0.896. The maximum atomic E-state index is 12.4. The monoisotopic (exact) mass is 319 g/mol. The van der Waals surface area contributed by atoms with Crippen molar-refractivity contribution < 1.29 is 4.79 Å². The van der Waals surface area contributed by atoms with Crippen molar-refractivity contribution in [3.05, 3.63) is 11.6 Å². The van der Waals surface area contributed by atoms with Crippen molar-refractivity contribution >= 4 is 6.03 Å². The minimum atomic E-state index is 0.142. The summed E-state index contributed by atoms with van der Waals surface area (Å²) >= 11 is 0. The van der Waals surface area contributed by atoms with Gasteiger partial charge in [0, 0.05) is 32.0 Å². The van der Waals surface area contributed by atoms with Gasteiger partial charge in [0.1, 0.15) is 11.6 Å². The van der Waals surface area contributed by atoms with Crippen LogP contribution in [0, 0.1) is 5.92 Å². The fraction of sp³-hybridized carbons (Fsp3) is 0.824. The highest BCUT2D eigenvalue weighted by Crippen LogP contribution is 2.22. The van der Waals surface area contributed by atoms with Crippen LogP contribution >= 0.6 is 0 Å². The van der Waals surface area contributed by atoms with Crippen LogP contribution in [0.25, 0.3) is 0 Å². The lowest BCUT2D eigenvalue weighted by molar-refractivity contribution is 0.164. The van der Waals surface area contributed by atoms with Crippen LogP contribution in [-0.4, -0.2) is 45.2 Å². The predicted octanol–water partition coefficient (Wildman–Crippen LogP) is 2.66. The van der Waals surface area contributed by atoms with Gasteiger partial charge < -0.3 is 10.2 Å². The van der Waals surface area contributed by atoms with E-state index in [9.17, 15) is 4.79 Å². The summed E-state index contributed by atoms with van der Waals surface area (Å²) in [5.74, 6) is 2.49. The fourth-order valence-corrected chi connectivity index (χ4v) is 3.71. The summed E-state index contributed by atoms with van der Waals surface area (Å²) in [5, 5.41) is 10.5. The number of rotatable bonds is 4. The van der Waals surface area contributed by atoms with Gasteiger partial charge in [-0.3, -0.25) is 5.10 Å². The Balaban J connectivity index is 1.41. The van der Waals surface area contributed by atoms with Crippen LogP contribution in [0.2, 0.25) is 0 Å². The van der Waals surface area contributed by atoms with Gasteiger partial charge in [0.25, 0.3) is 0 Å². The summed E-state index contributed by atoms with van der Waals surface area (Å²) < 4.78 is 0. The Hall–Kier alpha value is -1.59. The lowest BCUT2D eigenvalue weighted by Crippen LogP contribution is -2.48. The van der Waals surface area contributed by atoms with Crippen molar-refractivity contribution in [2.45, 2.75) is 70.8 Å². The number of aryl methyl sites for hydroxylation is 1. The largest absolute Gasteiger partial charge is 0.335 e. The molecule has 0 spiro atoms. The molecule has 2 heterocycles. The van der Waals surface area contributed by atoms with Gasteiger partial charge in [-0.15, -0.1) is 0 Å². The number of hydrogen-bond acceptors (Lipinski definition) is 3. The van der Waals surface area contributed by atoms with Gasteiger partial charge in [0.05, 0.1) is 0 Å². The topological polar surface area (TPSA) is 73.9 Å². The molecule has 1 aliphatic carbocycles. The van der Waals surface area contributed by atoms with E-state index in [4.69, 9.17) is 0 Å². The standard InChI is InChI=1S/C17H29N5O/c1-2-15-19-16(21-20-15)12-13-8-10-22(11-9-13)17(23)18-14-6-4-3-5-7-14/h13-14H,2-12H2,1H3,(H,18,23)(H,19,20,21). The van der Waals surface area contributed by atoms with Gasteiger partial charge in [0.15, 0.2) is 0 Å². The Morgan fingerprint density at radius 3 is 2.61 bits per heavy atom. The molecule has 0 bridgehead atoms. The Bertz CT molecular complexity index is 501. The van der Waals surface area contributed by atoms with E-state index in [0.717, 1.165) is 63.3 Å². The molecular formula is C17H29N5O. The highest BCUT2D eigenvalue weighted by molar-refractivity contribution is 5.74. The number of H-pyrrole nitrogens is 1. The smallest absolute Gasteiger partial charge is 0.317 e. The average Bonchev–Trinajstić information content (AvgIpc) is 3.04. The van der Waals surface area contributed by atoms with E-state index >= 15 is 0 Å². The summed E-state index contributed by atoms with van der Waals surface area (Å²) in [7, 11) is 0. The highest BCUT2D eigenvalue weighted by atomic mass is 16.2. The van der Waals surface area contributed by atoms with Crippen LogP contribution in [0.5, 0.6) is 0 Å². The number of aromatic amines is 1. The molecule has 0 radical (unpaired) electrons. The Morgan fingerprint density at radius 2 is 1.96 bits per heavy atom. The first-order chi connectivity index (χ1) is 11.2. The second-order valence-corrected chi connectivity index (χ2v) is 6.97. The zero-order valence-electron chi connectivity index (χ0n) is 14.2. The van der Waals surface area contributed by atoms with Gasteiger partial charge in [-0.25, -0.2) is 9.78 Å². The van der Waals surface area contributed by atoms with E-state index in [-0.39, 0.29) is 6.03 Å². The Morgan fingerprint density at radius 1 is 1.22 bits per heavy atom. The summed E-state index contributed by atoms with van der Waals surface area (Å²) in [6.45, 7) is 3.78. The minimum Gasteiger partial charge on any atom is -0.335 e. The number of piperidine rings is 1. The predicted molar refractivity (Wildman–Crippen MR) is 89.2 cm³/mol. The SMILES string of the molecule is CCc1n[nH]c(CC2CCN(C(=O)NC3CCCCC3)CC2)n1. The molecule has 6 heteroatoms. The minimum absolute atomic E-state index is 0.142. The Labute approximate surface area is 138 Å². The Kier molecular flexibility index (Phi) is 5.51. The van der Waals surface area contributed by atoms with Gasteiger partial charge in [-0.2, -0.15) is 5.10 Å². The van der Waals surface area contributed by atoms with Crippen molar-refractivity contribution in [2.24, 2.45) is 5.92 Å². The molecule has 1 aromatic heterocycles. The molecule has 23 heavy (non-hydrogen) atoms. The molecule has 0 aromatic carbocycles. The van der Waals surface area contributed by atoms with Gasteiger partial charge >= 0.3 is 6.03 Å². The second kappa shape index (κ2) is 7.79. The third kappa shape index (κ3) is 4.45. The molecular weight excluding hydrogens is 290 g/mol. The highest BCUT2D eigenvalue weighted by Gasteiger charge is 2.25. The number of nitrogens with one attached hydrogen (secondary N) is 2. The van der Waals surface area contributed by atoms with Crippen molar-refractivity contribution in [1.82, 2.24) is 25.4 Å². The first-order valence-electron chi connectivity index (χ1n) is 9.20. The fourth-order valence-electron chi connectivity index (χ4n) is 3.71. The molecule has 1 aliphatic heterocycles.